The maximum Gasteiger partial charge on any atom is 0.422 e. The molecule has 0 aliphatic heterocycles. The lowest BCUT2D eigenvalue weighted by Crippen LogP contribution is -2.21. The zero-order valence-electron chi connectivity index (χ0n) is 12.1. The number of ether oxygens (including phenoxy) is 1. The summed E-state index contributed by atoms with van der Waals surface area (Å²) in [4.78, 5) is 13.8. The topological polar surface area (TPSA) is 65.3 Å². The first-order valence-electron chi connectivity index (χ1n) is 6.49. The van der Waals surface area contributed by atoms with Crippen LogP contribution in [0.2, 0.25) is 0 Å². The Kier molecular flexibility index (Phi) is 4.86. The monoisotopic (exact) mass is 366 g/mol. The molecule has 25 heavy (non-hydrogen) atoms. The number of pyridine rings is 1. The van der Waals surface area contributed by atoms with Crippen molar-refractivity contribution < 1.29 is 36.0 Å². The van der Waals surface area contributed by atoms with Crippen molar-refractivity contribution in [1.29, 1.82) is 0 Å². The van der Waals surface area contributed by atoms with Crippen molar-refractivity contribution in [3.8, 4) is 17.0 Å². The molecular weight excluding hydrogens is 358 g/mol. The molecule has 1 aromatic carbocycles. The molecule has 0 atom stereocenters. The van der Waals surface area contributed by atoms with Gasteiger partial charge in [0.05, 0.1) is 16.2 Å². The molecule has 0 fully saturated rings. The standard InChI is InChI=1S/C14H8F6N2O3/c15-13(16,17)7-25-12-5-8(10-3-1-2-4-21-10)11(22(23)24)6-9(12)14(18,19)20/h1-6H,7H2. The van der Waals surface area contributed by atoms with E-state index in [1.807, 2.05) is 0 Å². The van der Waals surface area contributed by atoms with Gasteiger partial charge in [0.25, 0.3) is 5.69 Å². The van der Waals surface area contributed by atoms with E-state index >= 15 is 0 Å². The van der Waals surface area contributed by atoms with Crippen molar-refractivity contribution >= 4 is 5.69 Å². The highest BCUT2D eigenvalue weighted by molar-refractivity contribution is 5.73. The van der Waals surface area contributed by atoms with Crippen LogP contribution in [0.1, 0.15) is 5.56 Å². The number of aromatic nitrogens is 1. The molecule has 0 aliphatic carbocycles. The van der Waals surface area contributed by atoms with Gasteiger partial charge in [-0.1, -0.05) is 6.07 Å². The zero-order chi connectivity index (χ0) is 18.8. The van der Waals surface area contributed by atoms with E-state index in [0.717, 1.165) is 0 Å². The van der Waals surface area contributed by atoms with Gasteiger partial charge in [0, 0.05) is 12.3 Å². The van der Waals surface area contributed by atoms with Gasteiger partial charge >= 0.3 is 12.4 Å². The van der Waals surface area contributed by atoms with Crippen LogP contribution in [0.25, 0.3) is 11.3 Å². The summed E-state index contributed by atoms with van der Waals surface area (Å²) < 4.78 is 80.2. The molecule has 2 rings (SSSR count). The fraction of sp³-hybridized carbons (Fsp3) is 0.214. The number of nitrogens with zero attached hydrogens (tertiary/aromatic N) is 2. The molecule has 0 radical (unpaired) electrons. The first-order chi connectivity index (χ1) is 11.5. The van der Waals surface area contributed by atoms with Gasteiger partial charge in [-0.05, 0) is 18.2 Å². The molecule has 11 heteroatoms. The van der Waals surface area contributed by atoms with Gasteiger partial charge in [-0.25, -0.2) is 0 Å². The van der Waals surface area contributed by atoms with Crippen LogP contribution in [0.4, 0.5) is 32.0 Å². The smallest absolute Gasteiger partial charge is 0.422 e. The molecule has 0 amide bonds. The number of nitro benzene ring substituents is 1. The molecule has 0 aliphatic rings. The highest BCUT2D eigenvalue weighted by Gasteiger charge is 2.39. The third-order valence-electron chi connectivity index (χ3n) is 2.93. The third-order valence-corrected chi connectivity index (χ3v) is 2.93. The fourth-order valence-corrected chi connectivity index (χ4v) is 1.95. The van der Waals surface area contributed by atoms with Crippen LogP contribution in [0.3, 0.4) is 0 Å². The second-order valence-electron chi connectivity index (χ2n) is 4.74. The van der Waals surface area contributed by atoms with E-state index in [-0.39, 0.29) is 11.8 Å². The van der Waals surface area contributed by atoms with Crippen molar-refractivity contribution in [2.45, 2.75) is 12.4 Å². The quantitative estimate of drug-likeness (QED) is 0.450. The Hall–Kier alpha value is -2.85. The van der Waals surface area contributed by atoms with E-state index in [2.05, 4.69) is 9.72 Å². The van der Waals surface area contributed by atoms with Crippen LogP contribution in [-0.4, -0.2) is 22.7 Å². The Morgan fingerprint density at radius 1 is 1.12 bits per heavy atom. The molecular formula is C14H8F6N2O3. The maximum absolute atomic E-state index is 13.0. The van der Waals surface area contributed by atoms with E-state index in [1.165, 1.54) is 24.4 Å². The third kappa shape index (κ3) is 4.58. The predicted octanol–water partition coefficient (Wildman–Crippen LogP) is 4.62. The second-order valence-corrected chi connectivity index (χ2v) is 4.74. The van der Waals surface area contributed by atoms with E-state index in [9.17, 15) is 36.5 Å². The van der Waals surface area contributed by atoms with Crippen molar-refractivity contribution in [3.63, 3.8) is 0 Å². The summed E-state index contributed by atoms with van der Waals surface area (Å²) in [5, 5.41) is 11.1. The fourth-order valence-electron chi connectivity index (χ4n) is 1.95. The molecule has 0 saturated heterocycles. The Labute approximate surface area is 136 Å². The molecule has 0 bridgehead atoms. The normalized spacial score (nSPS) is 12.1. The van der Waals surface area contributed by atoms with Gasteiger partial charge in [0.15, 0.2) is 6.61 Å². The Bertz CT molecular complexity index is 775. The van der Waals surface area contributed by atoms with Crippen molar-refractivity contribution in [2.24, 2.45) is 0 Å². The minimum absolute atomic E-state index is 0.0835. The van der Waals surface area contributed by atoms with E-state index in [4.69, 9.17) is 0 Å². The lowest BCUT2D eigenvalue weighted by molar-refractivity contribution is -0.384. The van der Waals surface area contributed by atoms with Crippen LogP contribution in [-0.2, 0) is 6.18 Å². The van der Waals surface area contributed by atoms with Crippen LogP contribution >= 0.6 is 0 Å². The summed E-state index contributed by atoms with van der Waals surface area (Å²) in [6.07, 6.45) is -8.79. The number of alkyl halides is 6. The molecule has 1 aromatic heterocycles. The summed E-state index contributed by atoms with van der Waals surface area (Å²) in [6.45, 7) is -1.98. The van der Waals surface area contributed by atoms with Crippen LogP contribution in [0, 0.1) is 10.1 Å². The average molecular weight is 366 g/mol. The number of hydrogen-bond donors (Lipinski definition) is 0. The lowest BCUT2D eigenvalue weighted by Gasteiger charge is -2.16. The highest BCUT2D eigenvalue weighted by Crippen LogP contribution is 2.43. The Morgan fingerprint density at radius 3 is 2.28 bits per heavy atom. The first kappa shape index (κ1) is 18.5. The minimum atomic E-state index is -5.14. The second kappa shape index (κ2) is 6.57. The van der Waals surface area contributed by atoms with Crippen molar-refractivity contribution in [3.05, 3.63) is 52.2 Å². The summed E-state index contributed by atoms with van der Waals surface area (Å²) in [6, 6.07) is 4.81. The lowest BCUT2D eigenvalue weighted by atomic mass is 10.0. The van der Waals surface area contributed by atoms with E-state index in [1.54, 1.807) is 0 Å². The van der Waals surface area contributed by atoms with Crippen LogP contribution in [0.5, 0.6) is 5.75 Å². The van der Waals surface area contributed by atoms with Crippen molar-refractivity contribution in [2.75, 3.05) is 6.61 Å². The van der Waals surface area contributed by atoms with Gasteiger partial charge in [-0.15, -0.1) is 0 Å². The highest BCUT2D eigenvalue weighted by atomic mass is 19.4. The molecule has 0 N–H and O–H groups in total. The zero-order valence-corrected chi connectivity index (χ0v) is 12.1. The Balaban J connectivity index is 2.65. The Morgan fingerprint density at radius 2 is 1.80 bits per heavy atom. The van der Waals surface area contributed by atoms with Gasteiger partial charge in [-0.3, -0.25) is 15.1 Å². The number of rotatable bonds is 4. The van der Waals surface area contributed by atoms with Gasteiger partial charge in [0.2, 0.25) is 0 Å². The summed E-state index contributed by atoms with van der Waals surface area (Å²) >= 11 is 0. The number of benzene rings is 1. The number of halogens is 6. The minimum Gasteiger partial charge on any atom is -0.483 e. The predicted molar refractivity (Wildman–Crippen MR) is 72.9 cm³/mol. The summed E-state index contributed by atoms with van der Waals surface area (Å²) in [7, 11) is 0. The molecule has 0 spiro atoms. The SMILES string of the molecule is O=[N+]([O-])c1cc(C(F)(F)F)c(OCC(F)(F)F)cc1-c1ccccn1. The summed E-state index contributed by atoms with van der Waals surface area (Å²) in [5.41, 5.74) is -3.11. The van der Waals surface area contributed by atoms with Gasteiger partial charge in [0.1, 0.15) is 11.3 Å². The van der Waals surface area contributed by atoms with E-state index < -0.39 is 46.4 Å². The van der Waals surface area contributed by atoms with Gasteiger partial charge < -0.3 is 4.74 Å². The summed E-state index contributed by atoms with van der Waals surface area (Å²) in [5.74, 6) is -1.17. The van der Waals surface area contributed by atoms with Crippen molar-refractivity contribution in [1.82, 2.24) is 4.98 Å². The molecule has 0 unspecified atom stereocenters. The van der Waals surface area contributed by atoms with Crippen LogP contribution in [0.15, 0.2) is 36.5 Å². The molecule has 1 heterocycles. The first-order valence-corrected chi connectivity index (χ1v) is 6.49. The van der Waals surface area contributed by atoms with Crippen LogP contribution < -0.4 is 4.74 Å². The van der Waals surface area contributed by atoms with E-state index in [0.29, 0.717) is 6.07 Å². The molecule has 5 nitrogen and oxygen atoms in total. The number of hydrogen-bond acceptors (Lipinski definition) is 4. The van der Waals surface area contributed by atoms with Gasteiger partial charge in [-0.2, -0.15) is 26.3 Å². The average Bonchev–Trinajstić information content (AvgIpc) is 2.51. The maximum atomic E-state index is 13.0. The number of nitro groups is 1. The molecule has 0 saturated carbocycles. The molecule has 2 aromatic rings. The molecule has 134 valence electrons. The largest absolute Gasteiger partial charge is 0.483 e.